The summed E-state index contributed by atoms with van der Waals surface area (Å²) < 4.78 is 31.3. The van der Waals surface area contributed by atoms with Gasteiger partial charge in [-0.15, -0.1) is 0 Å². The molecule has 3 rings (SSSR count). The molecule has 0 radical (unpaired) electrons. The van der Waals surface area contributed by atoms with Crippen LogP contribution >= 0.6 is 0 Å². The number of nitrogens with zero attached hydrogens (tertiary/aromatic N) is 1. The standard InChI is InChI=1S/C21H26F2N/c1-6-20(5)16-12-15(22)13-17(23)18(16)19-14(4)10-9-11-24(19)21(20,7-2)8-3/h9-13H,6-8H2,1-5H3/q+1. The second kappa shape index (κ2) is 5.65. The second-order valence-electron chi connectivity index (χ2n) is 7.14. The number of rotatable bonds is 3. The maximum absolute atomic E-state index is 14.9. The van der Waals surface area contributed by atoms with Gasteiger partial charge in [-0.25, -0.2) is 8.78 Å². The lowest BCUT2D eigenvalue weighted by Gasteiger charge is -2.48. The molecule has 1 aliphatic heterocycles. The van der Waals surface area contributed by atoms with Gasteiger partial charge in [-0.2, -0.15) is 4.57 Å². The van der Waals surface area contributed by atoms with Crippen LogP contribution in [0.5, 0.6) is 0 Å². The van der Waals surface area contributed by atoms with Crippen LogP contribution in [-0.2, 0) is 11.0 Å². The third-order valence-corrected chi connectivity index (χ3v) is 6.45. The van der Waals surface area contributed by atoms with Crippen molar-refractivity contribution in [3.8, 4) is 11.3 Å². The maximum atomic E-state index is 14.9. The third kappa shape index (κ3) is 1.93. The largest absolute Gasteiger partial charge is 0.219 e. The Bertz CT molecular complexity index is 793. The molecule has 0 amide bonds. The molecule has 3 heteroatoms. The summed E-state index contributed by atoms with van der Waals surface area (Å²) in [6.07, 6.45) is 4.71. The van der Waals surface area contributed by atoms with Crippen LogP contribution in [0.2, 0.25) is 0 Å². The first-order valence-corrected chi connectivity index (χ1v) is 8.88. The SMILES string of the molecule is CCC1(C)c2cc(F)cc(F)c2-c2c(C)ccc[n+]2C1(CC)CC. The van der Waals surface area contributed by atoms with Crippen LogP contribution in [0.3, 0.4) is 0 Å². The molecule has 1 atom stereocenters. The Morgan fingerprint density at radius 1 is 1.04 bits per heavy atom. The van der Waals surface area contributed by atoms with Gasteiger partial charge in [0.25, 0.3) is 0 Å². The van der Waals surface area contributed by atoms with Gasteiger partial charge in [-0.3, -0.25) is 0 Å². The van der Waals surface area contributed by atoms with Crippen LogP contribution in [0.25, 0.3) is 11.3 Å². The Labute approximate surface area is 143 Å². The van der Waals surface area contributed by atoms with E-state index in [0.29, 0.717) is 5.56 Å². The summed E-state index contributed by atoms with van der Waals surface area (Å²) in [5.41, 5.74) is 2.75. The molecule has 0 N–H and O–H groups in total. The minimum Gasteiger partial charge on any atom is -0.207 e. The summed E-state index contributed by atoms with van der Waals surface area (Å²) in [5, 5.41) is 0. The van der Waals surface area contributed by atoms with Gasteiger partial charge < -0.3 is 0 Å². The average molecular weight is 330 g/mol. The van der Waals surface area contributed by atoms with Gasteiger partial charge in [0.15, 0.2) is 11.7 Å². The van der Waals surface area contributed by atoms with E-state index < -0.39 is 11.6 Å². The highest BCUT2D eigenvalue weighted by atomic mass is 19.1. The van der Waals surface area contributed by atoms with E-state index in [-0.39, 0.29) is 11.0 Å². The van der Waals surface area contributed by atoms with Crippen molar-refractivity contribution in [1.82, 2.24) is 0 Å². The van der Waals surface area contributed by atoms with Gasteiger partial charge in [0.05, 0.1) is 11.0 Å². The van der Waals surface area contributed by atoms with E-state index in [0.717, 1.165) is 42.1 Å². The highest BCUT2D eigenvalue weighted by Crippen LogP contribution is 2.52. The zero-order valence-corrected chi connectivity index (χ0v) is 15.2. The van der Waals surface area contributed by atoms with Crippen molar-refractivity contribution < 1.29 is 13.3 Å². The van der Waals surface area contributed by atoms with Crippen molar-refractivity contribution in [3.05, 3.63) is 53.2 Å². The number of pyridine rings is 1. The van der Waals surface area contributed by atoms with Crippen LogP contribution in [0.4, 0.5) is 8.78 Å². The molecule has 1 aliphatic rings. The summed E-state index contributed by atoms with van der Waals surface area (Å²) in [4.78, 5) is 0. The third-order valence-electron chi connectivity index (χ3n) is 6.45. The van der Waals surface area contributed by atoms with Gasteiger partial charge in [-0.1, -0.05) is 20.8 Å². The minimum absolute atomic E-state index is 0.198. The number of benzene rings is 1. The summed E-state index contributed by atoms with van der Waals surface area (Å²) in [5.74, 6) is -0.956. The average Bonchev–Trinajstić information content (AvgIpc) is 2.56. The van der Waals surface area contributed by atoms with Crippen LogP contribution in [0, 0.1) is 18.6 Å². The van der Waals surface area contributed by atoms with Crippen molar-refractivity contribution >= 4 is 0 Å². The van der Waals surface area contributed by atoms with E-state index >= 15 is 0 Å². The van der Waals surface area contributed by atoms with Gasteiger partial charge in [0.1, 0.15) is 11.6 Å². The van der Waals surface area contributed by atoms with Crippen molar-refractivity contribution in [3.63, 3.8) is 0 Å². The van der Waals surface area contributed by atoms with Crippen molar-refractivity contribution in [2.45, 2.75) is 64.8 Å². The fourth-order valence-corrected chi connectivity index (χ4v) is 4.95. The maximum Gasteiger partial charge on any atom is 0.219 e. The first-order chi connectivity index (χ1) is 11.4. The first-order valence-electron chi connectivity index (χ1n) is 8.88. The highest BCUT2D eigenvalue weighted by Gasteiger charge is 2.59. The van der Waals surface area contributed by atoms with Gasteiger partial charge >= 0.3 is 0 Å². The van der Waals surface area contributed by atoms with E-state index in [2.05, 4.69) is 38.5 Å². The van der Waals surface area contributed by atoms with Gasteiger partial charge in [0, 0.05) is 30.5 Å². The molecule has 1 aromatic heterocycles. The molecule has 0 fully saturated rings. The molecule has 2 aromatic rings. The predicted octanol–water partition coefficient (Wildman–Crippen LogP) is 5.42. The smallest absolute Gasteiger partial charge is 0.207 e. The van der Waals surface area contributed by atoms with E-state index in [1.165, 1.54) is 0 Å². The Balaban J connectivity index is 2.55. The molecule has 128 valence electrons. The zero-order chi connectivity index (χ0) is 17.7. The molecule has 0 saturated carbocycles. The number of aromatic nitrogens is 1. The lowest BCUT2D eigenvalue weighted by atomic mass is 9.58. The molecule has 0 bridgehead atoms. The second-order valence-corrected chi connectivity index (χ2v) is 7.14. The van der Waals surface area contributed by atoms with Crippen LogP contribution in [-0.4, -0.2) is 0 Å². The number of hydrogen-bond donors (Lipinski definition) is 0. The molecule has 1 unspecified atom stereocenters. The fourth-order valence-electron chi connectivity index (χ4n) is 4.95. The highest BCUT2D eigenvalue weighted by molar-refractivity contribution is 5.68. The molecule has 1 nitrogen and oxygen atoms in total. The number of fused-ring (bicyclic) bond motifs is 3. The molecule has 2 heterocycles. The Morgan fingerprint density at radius 3 is 2.29 bits per heavy atom. The Kier molecular flexibility index (Phi) is 4.01. The van der Waals surface area contributed by atoms with E-state index in [1.54, 1.807) is 6.07 Å². The molecular weight excluding hydrogens is 304 g/mol. The topological polar surface area (TPSA) is 3.88 Å². The predicted molar refractivity (Wildman–Crippen MR) is 92.9 cm³/mol. The van der Waals surface area contributed by atoms with Crippen LogP contribution in [0.1, 0.15) is 58.1 Å². The summed E-state index contributed by atoms with van der Waals surface area (Å²) >= 11 is 0. The minimum atomic E-state index is -0.492. The van der Waals surface area contributed by atoms with Crippen molar-refractivity contribution in [2.24, 2.45) is 0 Å². The summed E-state index contributed by atoms with van der Waals surface area (Å²) in [6, 6.07) is 6.60. The summed E-state index contributed by atoms with van der Waals surface area (Å²) in [6.45, 7) is 10.6. The molecular formula is C21H26F2N+. The van der Waals surface area contributed by atoms with Gasteiger partial charge in [-0.05, 0) is 38.0 Å². The lowest BCUT2D eigenvalue weighted by molar-refractivity contribution is -0.770. The van der Waals surface area contributed by atoms with E-state index in [9.17, 15) is 8.78 Å². The molecule has 1 aromatic carbocycles. The number of halogens is 2. The van der Waals surface area contributed by atoms with Crippen molar-refractivity contribution in [2.75, 3.05) is 0 Å². The quantitative estimate of drug-likeness (QED) is 0.661. The molecule has 24 heavy (non-hydrogen) atoms. The number of hydrogen-bond acceptors (Lipinski definition) is 0. The van der Waals surface area contributed by atoms with E-state index in [1.807, 2.05) is 19.1 Å². The molecule has 0 spiro atoms. The monoisotopic (exact) mass is 330 g/mol. The van der Waals surface area contributed by atoms with Crippen LogP contribution in [0.15, 0.2) is 30.5 Å². The Hall–Kier alpha value is -1.77. The van der Waals surface area contributed by atoms with Crippen LogP contribution < -0.4 is 4.57 Å². The number of aryl methyl sites for hydroxylation is 1. The normalized spacial score (nSPS) is 21.3. The van der Waals surface area contributed by atoms with E-state index in [4.69, 9.17) is 0 Å². The zero-order valence-electron chi connectivity index (χ0n) is 15.2. The first kappa shape index (κ1) is 17.1. The lowest BCUT2D eigenvalue weighted by Crippen LogP contribution is -2.69. The van der Waals surface area contributed by atoms with Crippen molar-refractivity contribution in [1.29, 1.82) is 0 Å². The Morgan fingerprint density at radius 2 is 1.71 bits per heavy atom. The fraction of sp³-hybridized carbons (Fsp3) is 0.476. The molecule has 0 aliphatic carbocycles. The molecule has 0 saturated heterocycles. The van der Waals surface area contributed by atoms with Gasteiger partial charge in [0.2, 0.25) is 5.69 Å². The summed E-state index contributed by atoms with van der Waals surface area (Å²) in [7, 11) is 0.